The van der Waals surface area contributed by atoms with Crippen molar-refractivity contribution < 1.29 is 14.6 Å². The maximum atomic E-state index is 11.6. The highest BCUT2D eigenvalue weighted by Crippen LogP contribution is 2.35. The van der Waals surface area contributed by atoms with Crippen LogP contribution in [0.5, 0.6) is 5.88 Å². The number of anilines is 2. The number of carboxylic acid groups (broad SMARTS) is 1. The normalized spacial score (nSPS) is 11.0. The number of benzene rings is 2. The summed E-state index contributed by atoms with van der Waals surface area (Å²) < 4.78 is 5.70. The predicted molar refractivity (Wildman–Crippen MR) is 129 cm³/mol. The predicted octanol–water partition coefficient (Wildman–Crippen LogP) is 6.12. The Morgan fingerprint density at radius 1 is 1.09 bits per heavy atom. The van der Waals surface area contributed by atoms with Crippen LogP contribution in [0, 0.1) is 6.92 Å². The van der Waals surface area contributed by atoms with E-state index in [1.54, 1.807) is 36.7 Å². The van der Waals surface area contributed by atoms with Gasteiger partial charge in [0.05, 0.1) is 28.6 Å². The van der Waals surface area contributed by atoms with Crippen LogP contribution in [0.3, 0.4) is 0 Å². The summed E-state index contributed by atoms with van der Waals surface area (Å²) in [5, 5.41) is 13.6. The van der Waals surface area contributed by atoms with Gasteiger partial charge in [0.1, 0.15) is 0 Å². The Morgan fingerprint density at radius 3 is 2.59 bits per heavy atom. The van der Waals surface area contributed by atoms with E-state index in [4.69, 9.17) is 4.74 Å². The van der Waals surface area contributed by atoms with Crippen molar-refractivity contribution in [3.05, 3.63) is 72.1 Å². The molecule has 2 aromatic heterocycles. The monoisotopic (exact) mass is 445 g/mol. The first-order chi connectivity index (χ1) is 15.3. The van der Waals surface area contributed by atoms with Crippen molar-refractivity contribution in [1.29, 1.82) is 0 Å². The third kappa shape index (κ3) is 4.38. The fraction of sp³-hybridized carbons (Fsp3) is 0.160. The van der Waals surface area contributed by atoms with Crippen molar-refractivity contribution >= 4 is 40.9 Å². The quantitative estimate of drug-likeness (QED) is 0.310. The van der Waals surface area contributed by atoms with E-state index in [0.717, 1.165) is 27.6 Å². The number of carboxylic acids is 1. The third-order valence-corrected chi connectivity index (χ3v) is 5.36. The maximum absolute atomic E-state index is 11.6. The van der Waals surface area contributed by atoms with E-state index in [2.05, 4.69) is 27.9 Å². The summed E-state index contributed by atoms with van der Waals surface area (Å²) in [5.41, 5.74) is 5.11. The number of nitrogens with zero attached hydrogens (tertiary/aromatic N) is 2. The molecule has 0 fully saturated rings. The Bertz CT molecular complexity index is 1320. The number of rotatable bonds is 6. The number of carbonyl (C=O) groups is 1. The Balaban J connectivity index is 1.81. The van der Waals surface area contributed by atoms with Crippen LogP contribution in [0.4, 0.5) is 11.4 Å². The number of fused-ring (bicyclic) bond motifs is 1. The van der Waals surface area contributed by atoms with Gasteiger partial charge >= 0.3 is 5.97 Å². The van der Waals surface area contributed by atoms with Gasteiger partial charge in [-0.25, -0.2) is 9.78 Å². The summed E-state index contributed by atoms with van der Waals surface area (Å²) in [6.45, 7) is 5.95. The van der Waals surface area contributed by atoms with Crippen molar-refractivity contribution in [2.45, 2.75) is 31.8 Å². The number of ether oxygens (including phenoxy) is 1. The molecule has 7 heteroatoms. The maximum Gasteiger partial charge on any atom is 0.337 e. The molecule has 4 aromatic rings. The first kappa shape index (κ1) is 21.6. The summed E-state index contributed by atoms with van der Waals surface area (Å²) in [7, 11) is 0. The van der Waals surface area contributed by atoms with E-state index >= 15 is 0 Å². The number of pyridine rings is 2. The average molecular weight is 446 g/mol. The summed E-state index contributed by atoms with van der Waals surface area (Å²) >= 11 is 4.58. The highest BCUT2D eigenvalue weighted by atomic mass is 32.1. The van der Waals surface area contributed by atoms with Gasteiger partial charge < -0.3 is 15.2 Å². The van der Waals surface area contributed by atoms with E-state index in [0.29, 0.717) is 22.2 Å². The molecule has 0 atom stereocenters. The number of aromatic carboxylic acids is 1. The number of hydrogen-bond donors (Lipinski definition) is 3. The van der Waals surface area contributed by atoms with Crippen LogP contribution in [-0.2, 0) is 0 Å². The summed E-state index contributed by atoms with van der Waals surface area (Å²) in [4.78, 5) is 21.2. The minimum atomic E-state index is -1.00. The fourth-order valence-electron chi connectivity index (χ4n) is 3.53. The van der Waals surface area contributed by atoms with E-state index < -0.39 is 5.97 Å². The number of aryl methyl sites for hydroxylation is 1. The number of para-hydroxylation sites is 1. The molecule has 0 aliphatic heterocycles. The molecule has 0 radical (unpaired) electrons. The molecule has 0 saturated heterocycles. The van der Waals surface area contributed by atoms with Gasteiger partial charge in [-0.05, 0) is 56.2 Å². The van der Waals surface area contributed by atoms with E-state index in [-0.39, 0.29) is 11.7 Å². The van der Waals surface area contributed by atoms with Crippen LogP contribution in [-0.4, -0.2) is 27.1 Å². The number of nitrogens with one attached hydrogen (secondary N) is 1. The highest BCUT2D eigenvalue weighted by molar-refractivity contribution is 7.80. The Labute approximate surface area is 191 Å². The minimum Gasteiger partial charge on any atom is -0.478 e. The molecule has 2 N–H and O–H groups in total. The molecule has 0 aliphatic carbocycles. The summed E-state index contributed by atoms with van der Waals surface area (Å²) in [5.74, 6) is -0.410. The molecule has 0 bridgehead atoms. The van der Waals surface area contributed by atoms with Crippen molar-refractivity contribution in [3.8, 4) is 17.0 Å². The van der Waals surface area contributed by atoms with Crippen LogP contribution in [0.2, 0.25) is 0 Å². The third-order valence-electron chi connectivity index (χ3n) is 5.02. The molecule has 162 valence electrons. The Morgan fingerprint density at radius 2 is 1.88 bits per heavy atom. The molecule has 2 aromatic carbocycles. The Hall–Kier alpha value is -3.58. The van der Waals surface area contributed by atoms with Gasteiger partial charge in [0.15, 0.2) is 0 Å². The molecule has 4 rings (SSSR count). The lowest BCUT2D eigenvalue weighted by Gasteiger charge is -2.15. The second kappa shape index (κ2) is 8.88. The van der Waals surface area contributed by atoms with Crippen molar-refractivity contribution in [2.75, 3.05) is 5.32 Å². The van der Waals surface area contributed by atoms with Crippen LogP contribution in [0.1, 0.15) is 29.8 Å². The Kier molecular flexibility index (Phi) is 6.01. The smallest absolute Gasteiger partial charge is 0.337 e. The average Bonchev–Trinajstić information content (AvgIpc) is 2.75. The van der Waals surface area contributed by atoms with Gasteiger partial charge in [0, 0.05) is 34.3 Å². The topological polar surface area (TPSA) is 84.3 Å². The van der Waals surface area contributed by atoms with Crippen molar-refractivity contribution in [1.82, 2.24) is 9.97 Å². The summed E-state index contributed by atoms with van der Waals surface area (Å²) in [6.07, 6.45) is 3.51. The zero-order valence-corrected chi connectivity index (χ0v) is 18.9. The zero-order valence-electron chi connectivity index (χ0n) is 18.0. The number of aromatic nitrogens is 2. The first-order valence-corrected chi connectivity index (χ1v) is 10.6. The van der Waals surface area contributed by atoms with Crippen LogP contribution in [0.25, 0.3) is 22.0 Å². The van der Waals surface area contributed by atoms with E-state index in [1.807, 2.05) is 45.0 Å². The van der Waals surface area contributed by atoms with Gasteiger partial charge in [-0.15, -0.1) is 12.6 Å². The highest BCUT2D eigenvalue weighted by Gasteiger charge is 2.14. The van der Waals surface area contributed by atoms with Gasteiger partial charge in [-0.2, -0.15) is 0 Å². The standard InChI is InChI=1S/C25H23N3O3S/c1-14(2)31-23-10-15(3)19(12-27-23)16-8-9-20-18(11-16)24(22(32)13-26-20)28-21-7-5-4-6-17(21)25(29)30/h4-14,32H,1-3H3,(H,26,28)(H,29,30). The van der Waals surface area contributed by atoms with Crippen molar-refractivity contribution in [3.63, 3.8) is 0 Å². The molecular formula is C25H23N3O3S. The number of thiol groups is 1. The molecule has 0 spiro atoms. The van der Waals surface area contributed by atoms with E-state index in [1.165, 1.54) is 0 Å². The molecule has 6 nitrogen and oxygen atoms in total. The first-order valence-electron chi connectivity index (χ1n) is 10.2. The molecule has 0 saturated carbocycles. The zero-order chi connectivity index (χ0) is 22.8. The molecular weight excluding hydrogens is 422 g/mol. The van der Waals surface area contributed by atoms with Crippen LogP contribution >= 0.6 is 12.6 Å². The van der Waals surface area contributed by atoms with Gasteiger partial charge in [0.25, 0.3) is 0 Å². The van der Waals surface area contributed by atoms with Crippen LogP contribution in [0.15, 0.2) is 65.8 Å². The lowest BCUT2D eigenvalue weighted by Crippen LogP contribution is -2.07. The lowest BCUT2D eigenvalue weighted by atomic mass is 10.0. The summed E-state index contributed by atoms with van der Waals surface area (Å²) in [6, 6.07) is 14.6. The largest absolute Gasteiger partial charge is 0.478 e. The molecule has 0 unspecified atom stereocenters. The molecule has 0 aliphatic rings. The second-order valence-corrected chi connectivity index (χ2v) is 8.21. The number of hydrogen-bond acceptors (Lipinski definition) is 6. The minimum absolute atomic E-state index is 0.0515. The molecule has 2 heterocycles. The van der Waals surface area contributed by atoms with Crippen LogP contribution < -0.4 is 10.1 Å². The fourth-order valence-corrected chi connectivity index (χ4v) is 3.77. The molecule has 32 heavy (non-hydrogen) atoms. The van der Waals surface area contributed by atoms with Crippen molar-refractivity contribution in [2.24, 2.45) is 0 Å². The van der Waals surface area contributed by atoms with E-state index in [9.17, 15) is 9.90 Å². The van der Waals surface area contributed by atoms with Gasteiger partial charge in [0.2, 0.25) is 5.88 Å². The molecule has 0 amide bonds. The second-order valence-electron chi connectivity index (χ2n) is 7.73. The van der Waals surface area contributed by atoms with Gasteiger partial charge in [-0.3, -0.25) is 4.98 Å². The van der Waals surface area contributed by atoms with Gasteiger partial charge in [-0.1, -0.05) is 18.2 Å². The SMILES string of the molecule is Cc1cc(OC(C)C)ncc1-c1ccc2ncc(S)c(Nc3ccccc3C(=O)O)c2c1. The lowest BCUT2D eigenvalue weighted by molar-refractivity contribution is 0.0698.